The van der Waals surface area contributed by atoms with Gasteiger partial charge in [-0.25, -0.2) is 0 Å². The molecule has 88 valence electrons. The highest BCUT2D eigenvalue weighted by molar-refractivity contribution is 5.44. The van der Waals surface area contributed by atoms with Crippen LogP contribution in [0, 0.1) is 12.8 Å². The first-order valence-corrected chi connectivity index (χ1v) is 6.31. The second-order valence-corrected chi connectivity index (χ2v) is 5.26. The summed E-state index contributed by atoms with van der Waals surface area (Å²) in [4.78, 5) is 0. The topological polar surface area (TPSA) is 9.23 Å². The van der Waals surface area contributed by atoms with Crippen LogP contribution in [0.2, 0.25) is 0 Å². The minimum absolute atomic E-state index is 0.742. The van der Waals surface area contributed by atoms with E-state index >= 15 is 0 Å². The minimum Gasteiger partial charge on any atom is -0.496 e. The Morgan fingerprint density at radius 2 is 2.06 bits per heavy atom. The predicted octanol–water partition coefficient (Wildman–Crippen LogP) is 4.08. The van der Waals surface area contributed by atoms with Gasteiger partial charge in [-0.2, -0.15) is 0 Å². The molecule has 0 N–H and O–H groups in total. The molecule has 0 amide bonds. The summed E-state index contributed by atoms with van der Waals surface area (Å²) in [6.45, 7) is 6.81. The fourth-order valence-electron chi connectivity index (χ4n) is 2.89. The quantitative estimate of drug-likeness (QED) is 0.726. The third kappa shape index (κ3) is 1.95. The van der Waals surface area contributed by atoms with E-state index in [9.17, 15) is 0 Å². The van der Waals surface area contributed by atoms with Crippen LogP contribution in [-0.4, -0.2) is 7.11 Å². The van der Waals surface area contributed by atoms with E-state index in [0.29, 0.717) is 0 Å². The van der Waals surface area contributed by atoms with E-state index in [1.807, 2.05) is 0 Å². The number of ether oxygens (including phenoxy) is 1. The summed E-state index contributed by atoms with van der Waals surface area (Å²) in [6, 6.07) is 4.59. The van der Waals surface area contributed by atoms with Gasteiger partial charge in [0.2, 0.25) is 0 Å². The minimum atomic E-state index is 0.742. The van der Waals surface area contributed by atoms with Gasteiger partial charge in [0.1, 0.15) is 5.75 Å². The van der Waals surface area contributed by atoms with Gasteiger partial charge >= 0.3 is 0 Å². The third-order valence-corrected chi connectivity index (χ3v) is 3.82. The first-order valence-electron chi connectivity index (χ1n) is 6.31. The van der Waals surface area contributed by atoms with Crippen molar-refractivity contribution in [1.82, 2.24) is 0 Å². The molecule has 0 fully saturated rings. The van der Waals surface area contributed by atoms with Crippen molar-refractivity contribution in [2.75, 3.05) is 7.11 Å². The average Bonchev–Trinajstić information content (AvgIpc) is 2.27. The smallest absolute Gasteiger partial charge is 0.122 e. The molecule has 2 rings (SSSR count). The molecule has 16 heavy (non-hydrogen) atoms. The van der Waals surface area contributed by atoms with Crippen LogP contribution >= 0.6 is 0 Å². The number of hydrogen-bond acceptors (Lipinski definition) is 1. The number of aryl methyl sites for hydroxylation is 2. The van der Waals surface area contributed by atoms with E-state index in [4.69, 9.17) is 4.74 Å². The Morgan fingerprint density at radius 3 is 2.69 bits per heavy atom. The molecular weight excluding hydrogens is 196 g/mol. The molecule has 0 saturated heterocycles. The van der Waals surface area contributed by atoms with Gasteiger partial charge in [0, 0.05) is 0 Å². The summed E-state index contributed by atoms with van der Waals surface area (Å²) < 4.78 is 5.41. The van der Waals surface area contributed by atoms with Crippen molar-refractivity contribution in [3.05, 3.63) is 28.8 Å². The van der Waals surface area contributed by atoms with Crippen molar-refractivity contribution < 1.29 is 4.74 Å². The number of benzene rings is 1. The van der Waals surface area contributed by atoms with Crippen molar-refractivity contribution in [3.63, 3.8) is 0 Å². The van der Waals surface area contributed by atoms with Gasteiger partial charge in [-0.3, -0.25) is 0 Å². The Bertz CT molecular complexity index is 379. The van der Waals surface area contributed by atoms with Gasteiger partial charge in [-0.15, -0.1) is 0 Å². The van der Waals surface area contributed by atoms with Gasteiger partial charge in [0.15, 0.2) is 0 Å². The highest BCUT2D eigenvalue weighted by Crippen LogP contribution is 2.39. The predicted molar refractivity (Wildman–Crippen MR) is 68.2 cm³/mol. The van der Waals surface area contributed by atoms with E-state index in [1.165, 1.54) is 30.4 Å². The molecule has 1 aromatic carbocycles. The van der Waals surface area contributed by atoms with E-state index < -0.39 is 0 Å². The Labute approximate surface area is 98.8 Å². The molecule has 0 spiro atoms. The summed E-state index contributed by atoms with van der Waals surface area (Å²) in [5.74, 6) is 2.53. The maximum atomic E-state index is 5.41. The molecule has 1 aliphatic carbocycles. The molecule has 0 aliphatic heterocycles. The molecule has 1 nitrogen and oxygen atoms in total. The summed E-state index contributed by atoms with van der Waals surface area (Å²) >= 11 is 0. The molecule has 1 heteroatoms. The van der Waals surface area contributed by atoms with Crippen molar-refractivity contribution in [2.45, 2.75) is 46.0 Å². The van der Waals surface area contributed by atoms with Gasteiger partial charge < -0.3 is 4.74 Å². The van der Waals surface area contributed by atoms with E-state index in [2.05, 4.69) is 32.9 Å². The van der Waals surface area contributed by atoms with Crippen LogP contribution in [0.1, 0.15) is 49.3 Å². The number of methoxy groups -OCH3 is 1. The van der Waals surface area contributed by atoms with Crippen LogP contribution in [0.4, 0.5) is 0 Å². The van der Waals surface area contributed by atoms with E-state index in [-0.39, 0.29) is 0 Å². The Balaban J connectivity index is 2.45. The second kappa shape index (κ2) is 4.48. The molecule has 0 bridgehead atoms. The molecule has 0 heterocycles. The van der Waals surface area contributed by atoms with E-state index in [0.717, 1.165) is 17.6 Å². The lowest BCUT2D eigenvalue weighted by Crippen LogP contribution is -2.15. The number of rotatable bonds is 2. The van der Waals surface area contributed by atoms with Crippen LogP contribution in [0.3, 0.4) is 0 Å². The van der Waals surface area contributed by atoms with Crippen molar-refractivity contribution in [1.29, 1.82) is 0 Å². The van der Waals surface area contributed by atoms with Crippen LogP contribution < -0.4 is 4.74 Å². The largest absolute Gasteiger partial charge is 0.496 e. The molecule has 0 saturated carbocycles. The Morgan fingerprint density at radius 1 is 1.31 bits per heavy atom. The van der Waals surface area contributed by atoms with Crippen LogP contribution in [0.25, 0.3) is 0 Å². The lowest BCUT2D eigenvalue weighted by atomic mass is 9.76. The fourth-order valence-corrected chi connectivity index (χ4v) is 2.89. The first-order chi connectivity index (χ1) is 7.63. The van der Waals surface area contributed by atoms with Gasteiger partial charge in [0.25, 0.3) is 0 Å². The normalized spacial score (nSPS) is 19.7. The zero-order valence-electron chi connectivity index (χ0n) is 10.8. The standard InChI is InChI=1S/C15H22O/c1-10(2)13-7-5-6-12-9-15(16-4)11(3)8-14(12)13/h8-10,13H,5-7H2,1-4H3/t13-/m0/s1. The summed E-state index contributed by atoms with van der Waals surface area (Å²) in [7, 11) is 1.76. The van der Waals surface area contributed by atoms with Crippen molar-refractivity contribution >= 4 is 0 Å². The molecule has 1 aromatic rings. The molecule has 0 radical (unpaired) electrons. The zero-order valence-corrected chi connectivity index (χ0v) is 10.8. The molecule has 1 aliphatic rings. The maximum Gasteiger partial charge on any atom is 0.122 e. The Kier molecular flexibility index (Phi) is 3.22. The lowest BCUT2D eigenvalue weighted by Gasteiger charge is -2.29. The number of hydrogen-bond donors (Lipinski definition) is 0. The fraction of sp³-hybridized carbons (Fsp3) is 0.600. The molecular formula is C15H22O. The second-order valence-electron chi connectivity index (χ2n) is 5.26. The van der Waals surface area contributed by atoms with Crippen LogP contribution in [-0.2, 0) is 6.42 Å². The summed E-state index contributed by atoms with van der Waals surface area (Å²) in [6.07, 6.45) is 3.88. The third-order valence-electron chi connectivity index (χ3n) is 3.82. The van der Waals surface area contributed by atoms with Crippen LogP contribution in [0.15, 0.2) is 12.1 Å². The van der Waals surface area contributed by atoms with Gasteiger partial charge in [-0.05, 0) is 60.8 Å². The SMILES string of the molecule is COc1cc2c(cc1C)[C@H](C(C)C)CCC2. The average molecular weight is 218 g/mol. The molecule has 0 unspecified atom stereocenters. The highest BCUT2D eigenvalue weighted by atomic mass is 16.5. The van der Waals surface area contributed by atoms with Gasteiger partial charge in [0.05, 0.1) is 7.11 Å². The monoisotopic (exact) mass is 218 g/mol. The number of fused-ring (bicyclic) bond motifs is 1. The maximum absolute atomic E-state index is 5.41. The van der Waals surface area contributed by atoms with Crippen molar-refractivity contribution in [2.24, 2.45) is 5.92 Å². The Hall–Kier alpha value is -0.980. The molecule has 0 aromatic heterocycles. The zero-order chi connectivity index (χ0) is 11.7. The van der Waals surface area contributed by atoms with Crippen LogP contribution in [0.5, 0.6) is 5.75 Å². The lowest BCUT2D eigenvalue weighted by molar-refractivity contribution is 0.404. The van der Waals surface area contributed by atoms with Gasteiger partial charge in [-0.1, -0.05) is 19.9 Å². The molecule has 1 atom stereocenters. The highest BCUT2D eigenvalue weighted by Gasteiger charge is 2.23. The van der Waals surface area contributed by atoms with Crippen molar-refractivity contribution in [3.8, 4) is 5.75 Å². The first kappa shape index (κ1) is 11.5. The van der Waals surface area contributed by atoms with E-state index in [1.54, 1.807) is 12.7 Å². The summed E-state index contributed by atoms with van der Waals surface area (Å²) in [5, 5.41) is 0. The summed E-state index contributed by atoms with van der Waals surface area (Å²) in [5.41, 5.74) is 4.35.